The van der Waals surface area contributed by atoms with Gasteiger partial charge in [0.15, 0.2) is 12.4 Å². The van der Waals surface area contributed by atoms with Crippen LogP contribution in [0.5, 0.6) is 11.5 Å². The highest BCUT2D eigenvalue weighted by Gasteiger charge is 2.14. The predicted molar refractivity (Wildman–Crippen MR) is 136 cm³/mol. The second-order valence-electron chi connectivity index (χ2n) is 8.25. The van der Waals surface area contributed by atoms with Gasteiger partial charge in [0.05, 0.1) is 25.6 Å². The molecule has 0 unspecified atom stereocenters. The molecule has 8 nitrogen and oxygen atoms in total. The van der Waals surface area contributed by atoms with E-state index in [9.17, 15) is 9.59 Å². The Bertz CT molecular complexity index is 1290. The summed E-state index contributed by atoms with van der Waals surface area (Å²) in [4.78, 5) is 25.4. The summed E-state index contributed by atoms with van der Waals surface area (Å²) in [5.74, 6) is 0.693. The Balaban J connectivity index is 1.44. The van der Waals surface area contributed by atoms with Crippen LogP contribution in [0.3, 0.4) is 0 Å². The summed E-state index contributed by atoms with van der Waals surface area (Å²) in [6.07, 6.45) is 7.25. The molecule has 4 aromatic rings. The molecule has 0 radical (unpaired) electrons. The summed E-state index contributed by atoms with van der Waals surface area (Å²) < 4.78 is 14.4. The fourth-order valence-electron chi connectivity index (χ4n) is 3.69. The molecule has 0 spiro atoms. The third-order valence-corrected chi connectivity index (χ3v) is 5.69. The van der Waals surface area contributed by atoms with Gasteiger partial charge in [-0.3, -0.25) is 9.59 Å². The van der Waals surface area contributed by atoms with E-state index in [4.69, 9.17) is 9.47 Å². The standard InChI is InChI=1S/C28H26N4O4/c1-31-15-13-23(25(17-31)35-3)29-27(33)21-9-5-19(6-10-21)20-7-11-22(12-8-20)28(34)30-24-14-16-32(2)18-26(24)36-4/h5-18H,1-4H3/p+2. The van der Waals surface area contributed by atoms with E-state index in [0.29, 0.717) is 34.0 Å². The van der Waals surface area contributed by atoms with Gasteiger partial charge in [-0.2, -0.15) is 0 Å². The maximum atomic E-state index is 12.7. The molecular formula is C28H28N4O4+2. The Kier molecular flexibility index (Phi) is 7.25. The number of amides is 2. The van der Waals surface area contributed by atoms with Gasteiger partial charge in [0.1, 0.15) is 14.1 Å². The zero-order chi connectivity index (χ0) is 25.7. The first-order valence-corrected chi connectivity index (χ1v) is 11.3. The van der Waals surface area contributed by atoms with E-state index in [1.165, 1.54) is 0 Å². The summed E-state index contributed by atoms with van der Waals surface area (Å²) in [6, 6.07) is 18.1. The first kappa shape index (κ1) is 24.4. The number of pyridine rings is 2. The van der Waals surface area contributed by atoms with Crippen molar-refractivity contribution in [3.8, 4) is 22.6 Å². The molecule has 2 heterocycles. The van der Waals surface area contributed by atoms with Gasteiger partial charge < -0.3 is 20.1 Å². The average Bonchev–Trinajstić information content (AvgIpc) is 2.90. The predicted octanol–water partition coefficient (Wildman–Crippen LogP) is 3.52. The lowest BCUT2D eigenvalue weighted by molar-refractivity contribution is -0.671. The van der Waals surface area contributed by atoms with Crippen molar-refractivity contribution in [3.63, 3.8) is 0 Å². The summed E-state index contributed by atoms with van der Waals surface area (Å²) in [5, 5.41) is 5.77. The molecule has 0 aliphatic carbocycles. The third-order valence-electron chi connectivity index (χ3n) is 5.69. The van der Waals surface area contributed by atoms with Gasteiger partial charge in [-0.05, 0) is 35.4 Å². The minimum absolute atomic E-state index is 0.231. The number of hydrogen-bond donors (Lipinski definition) is 2. The normalized spacial score (nSPS) is 10.4. The maximum absolute atomic E-state index is 12.7. The Hall–Kier alpha value is -4.72. The van der Waals surface area contributed by atoms with E-state index in [1.54, 1.807) is 63.0 Å². The number of benzene rings is 2. The van der Waals surface area contributed by atoms with Gasteiger partial charge in [0, 0.05) is 23.3 Å². The molecule has 182 valence electrons. The van der Waals surface area contributed by atoms with Crippen LogP contribution in [-0.2, 0) is 14.1 Å². The molecule has 2 aromatic heterocycles. The van der Waals surface area contributed by atoms with E-state index in [2.05, 4.69) is 10.6 Å². The minimum Gasteiger partial charge on any atom is -0.489 e. The largest absolute Gasteiger partial charge is 0.489 e. The number of ether oxygens (including phenoxy) is 2. The van der Waals surface area contributed by atoms with Crippen LogP contribution in [0.2, 0.25) is 0 Å². The molecule has 4 rings (SSSR count). The molecule has 36 heavy (non-hydrogen) atoms. The van der Waals surface area contributed by atoms with Gasteiger partial charge in [0.25, 0.3) is 11.8 Å². The Morgan fingerprint density at radius 1 is 0.611 bits per heavy atom. The zero-order valence-electron chi connectivity index (χ0n) is 20.6. The number of aromatic nitrogens is 2. The first-order valence-electron chi connectivity index (χ1n) is 11.3. The summed E-state index contributed by atoms with van der Waals surface area (Å²) in [6.45, 7) is 0. The topological polar surface area (TPSA) is 84.4 Å². The second kappa shape index (κ2) is 10.7. The quantitative estimate of drug-likeness (QED) is 0.393. The lowest BCUT2D eigenvalue weighted by atomic mass is 10.0. The molecule has 2 N–H and O–H groups in total. The van der Waals surface area contributed by atoms with Crippen LogP contribution in [0.4, 0.5) is 11.4 Å². The zero-order valence-corrected chi connectivity index (χ0v) is 20.6. The van der Waals surface area contributed by atoms with Crippen LogP contribution in [-0.4, -0.2) is 26.0 Å². The fourth-order valence-corrected chi connectivity index (χ4v) is 3.69. The number of methoxy groups -OCH3 is 2. The molecular weight excluding hydrogens is 456 g/mol. The molecule has 0 bridgehead atoms. The summed E-state index contributed by atoms with van der Waals surface area (Å²) in [5.41, 5.74) is 4.10. The lowest BCUT2D eigenvalue weighted by Gasteiger charge is -2.10. The van der Waals surface area contributed by atoms with Crippen molar-refractivity contribution in [2.45, 2.75) is 0 Å². The minimum atomic E-state index is -0.231. The van der Waals surface area contributed by atoms with Crippen molar-refractivity contribution in [3.05, 3.63) is 96.6 Å². The van der Waals surface area contributed by atoms with Crippen molar-refractivity contribution >= 4 is 23.2 Å². The van der Waals surface area contributed by atoms with Gasteiger partial charge >= 0.3 is 0 Å². The van der Waals surface area contributed by atoms with Crippen LogP contribution in [0.25, 0.3) is 11.1 Å². The van der Waals surface area contributed by atoms with Crippen molar-refractivity contribution in [2.75, 3.05) is 24.9 Å². The van der Waals surface area contributed by atoms with E-state index in [0.717, 1.165) is 11.1 Å². The summed E-state index contributed by atoms with van der Waals surface area (Å²) in [7, 11) is 6.89. The van der Waals surface area contributed by atoms with E-state index >= 15 is 0 Å². The van der Waals surface area contributed by atoms with Gasteiger partial charge in [-0.15, -0.1) is 0 Å². The van der Waals surface area contributed by atoms with Crippen molar-refractivity contribution in [2.24, 2.45) is 14.1 Å². The van der Waals surface area contributed by atoms with Crippen molar-refractivity contribution < 1.29 is 28.2 Å². The Morgan fingerprint density at radius 3 is 1.31 bits per heavy atom. The molecule has 8 heteroatoms. The smallest absolute Gasteiger partial charge is 0.255 e. The fraction of sp³-hybridized carbons (Fsp3) is 0.143. The van der Waals surface area contributed by atoms with Crippen LogP contribution in [0.1, 0.15) is 20.7 Å². The summed E-state index contributed by atoms with van der Waals surface area (Å²) >= 11 is 0. The highest BCUT2D eigenvalue weighted by atomic mass is 16.5. The number of nitrogens with one attached hydrogen (secondary N) is 2. The van der Waals surface area contributed by atoms with Crippen LogP contribution in [0.15, 0.2) is 85.5 Å². The molecule has 0 saturated heterocycles. The molecule has 0 aliphatic heterocycles. The number of aryl methyl sites for hydroxylation is 2. The highest BCUT2D eigenvalue weighted by molar-refractivity contribution is 6.06. The number of hydrogen-bond acceptors (Lipinski definition) is 4. The number of rotatable bonds is 7. The first-order chi connectivity index (χ1) is 17.4. The number of nitrogens with zero attached hydrogens (tertiary/aromatic N) is 2. The molecule has 0 atom stereocenters. The number of carbonyl (C=O) groups is 2. The number of anilines is 2. The SMILES string of the molecule is COc1c[n+](C)ccc1NC(=O)c1ccc(-c2ccc(C(=O)Nc3cc[n+](C)cc3OC)cc2)cc1. The molecule has 2 amide bonds. The maximum Gasteiger partial charge on any atom is 0.255 e. The molecule has 0 aliphatic rings. The van der Waals surface area contributed by atoms with E-state index in [-0.39, 0.29) is 11.8 Å². The average molecular weight is 485 g/mol. The Labute approximate surface area is 209 Å². The van der Waals surface area contributed by atoms with Crippen molar-refractivity contribution in [1.82, 2.24) is 0 Å². The number of carbonyl (C=O) groups excluding carboxylic acids is 2. The van der Waals surface area contributed by atoms with E-state index in [1.807, 2.05) is 59.9 Å². The van der Waals surface area contributed by atoms with Gasteiger partial charge in [0.2, 0.25) is 23.9 Å². The van der Waals surface area contributed by atoms with Crippen LogP contribution < -0.4 is 29.2 Å². The molecule has 2 aromatic carbocycles. The van der Waals surface area contributed by atoms with E-state index < -0.39 is 0 Å². The second-order valence-corrected chi connectivity index (χ2v) is 8.25. The van der Waals surface area contributed by atoms with Crippen molar-refractivity contribution in [1.29, 1.82) is 0 Å². The molecule has 0 saturated carbocycles. The highest BCUT2D eigenvalue weighted by Crippen LogP contribution is 2.25. The lowest BCUT2D eigenvalue weighted by Crippen LogP contribution is -2.27. The van der Waals surface area contributed by atoms with Gasteiger partial charge in [-0.25, -0.2) is 9.13 Å². The van der Waals surface area contributed by atoms with Gasteiger partial charge in [-0.1, -0.05) is 24.3 Å². The Morgan fingerprint density at radius 2 is 0.972 bits per heavy atom. The molecule has 0 fully saturated rings. The van der Waals surface area contributed by atoms with Crippen LogP contribution >= 0.6 is 0 Å². The third kappa shape index (κ3) is 5.50. The van der Waals surface area contributed by atoms with Crippen LogP contribution in [0, 0.1) is 0 Å². The monoisotopic (exact) mass is 484 g/mol.